The van der Waals surface area contributed by atoms with Gasteiger partial charge in [0, 0.05) is 26.1 Å². The van der Waals surface area contributed by atoms with Gasteiger partial charge in [-0.05, 0) is 32.6 Å². The van der Waals surface area contributed by atoms with E-state index in [2.05, 4.69) is 5.32 Å². The molecule has 1 heterocycles. The maximum atomic E-state index is 13.0. The minimum atomic E-state index is -4.44. The molecule has 8 heteroatoms. The topological polar surface area (TPSA) is 58.6 Å². The highest BCUT2D eigenvalue weighted by Crippen LogP contribution is 2.46. The molecule has 1 aliphatic carbocycles. The van der Waals surface area contributed by atoms with Crippen molar-refractivity contribution in [3.8, 4) is 0 Å². The third kappa shape index (κ3) is 4.16. The molecule has 1 aliphatic heterocycles. The predicted molar refractivity (Wildman–Crippen MR) is 76.6 cm³/mol. The van der Waals surface area contributed by atoms with Gasteiger partial charge in [-0.3, -0.25) is 9.59 Å². The van der Waals surface area contributed by atoms with Gasteiger partial charge >= 0.3 is 6.18 Å². The Bertz CT molecular complexity index is 463. The van der Waals surface area contributed by atoms with Crippen molar-refractivity contribution < 1.29 is 27.5 Å². The van der Waals surface area contributed by atoms with Gasteiger partial charge < -0.3 is 15.0 Å². The molecule has 5 nitrogen and oxygen atoms in total. The number of rotatable bonds is 5. The van der Waals surface area contributed by atoms with Crippen LogP contribution in [-0.2, 0) is 14.3 Å². The summed E-state index contributed by atoms with van der Waals surface area (Å²) < 4.78 is 44.3. The largest absolute Gasteiger partial charge is 0.408 e. The molecule has 23 heavy (non-hydrogen) atoms. The number of halogens is 3. The lowest BCUT2D eigenvalue weighted by Gasteiger charge is -2.40. The van der Waals surface area contributed by atoms with Crippen LogP contribution in [0.15, 0.2) is 0 Å². The van der Waals surface area contributed by atoms with E-state index in [-0.39, 0.29) is 25.3 Å². The third-order valence-electron chi connectivity index (χ3n) is 4.62. The van der Waals surface area contributed by atoms with E-state index < -0.39 is 29.6 Å². The van der Waals surface area contributed by atoms with Crippen molar-refractivity contribution in [1.29, 1.82) is 0 Å². The molecule has 132 valence electrons. The first-order chi connectivity index (χ1) is 10.7. The lowest BCUT2D eigenvalue weighted by Crippen LogP contribution is -2.58. The van der Waals surface area contributed by atoms with Gasteiger partial charge in [0.05, 0.1) is 12.0 Å². The summed E-state index contributed by atoms with van der Waals surface area (Å²) in [5.74, 6) is -0.799. The summed E-state index contributed by atoms with van der Waals surface area (Å²) >= 11 is 0. The highest BCUT2D eigenvalue weighted by molar-refractivity contribution is 5.85. The van der Waals surface area contributed by atoms with Gasteiger partial charge in [0.2, 0.25) is 11.8 Å². The summed E-state index contributed by atoms with van der Waals surface area (Å²) in [6.07, 6.45) is -2.95. The van der Waals surface area contributed by atoms with Crippen LogP contribution in [0, 0.1) is 5.41 Å². The fraction of sp³-hybridized carbons (Fsp3) is 0.867. The Hall–Kier alpha value is -1.31. The van der Waals surface area contributed by atoms with Crippen molar-refractivity contribution in [3.05, 3.63) is 0 Å². The Morgan fingerprint density at radius 1 is 1.30 bits per heavy atom. The highest BCUT2D eigenvalue weighted by Gasteiger charge is 2.52. The van der Waals surface area contributed by atoms with Crippen LogP contribution in [0.4, 0.5) is 13.2 Å². The minimum absolute atomic E-state index is 0.101. The van der Waals surface area contributed by atoms with Crippen LogP contribution >= 0.6 is 0 Å². The molecule has 0 aromatic rings. The van der Waals surface area contributed by atoms with E-state index >= 15 is 0 Å². The molecular formula is C15H23F3N2O3. The van der Waals surface area contributed by atoms with Gasteiger partial charge in [-0.25, -0.2) is 0 Å². The Morgan fingerprint density at radius 2 is 1.96 bits per heavy atom. The van der Waals surface area contributed by atoms with Crippen LogP contribution in [0.1, 0.15) is 39.5 Å². The van der Waals surface area contributed by atoms with Crippen LogP contribution in [0.3, 0.4) is 0 Å². The smallest absolute Gasteiger partial charge is 0.381 e. The maximum absolute atomic E-state index is 13.0. The van der Waals surface area contributed by atoms with Crippen molar-refractivity contribution in [3.63, 3.8) is 0 Å². The molecule has 0 bridgehead atoms. The average molecular weight is 336 g/mol. The highest BCUT2D eigenvalue weighted by atomic mass is 19.4. The van der Waals surface area contributed by atoms with Crippen LogP contribution in [-0.4, -0.2) is 54.7 Å². The van der Waals surface area contributed by atoms with E-state index in [1.807, 2.05) is 6.92 Å². The zero-order valence-electron chi connectivity index (χ0n) is 13.4. The Kier molecular flexibility index (Phi) is 5.23. The number of alkyl halides is 3. The van der Waals surface area contributed by atoms with E-state index in [4.69, 9.17) is 4.74 Å². The monoisotopic (exact) mass is 336 g/mol. The van der Waals surface area contributed by atoms with E-state index in [0.717, 1.165) is 24.7 Å². The molecule has 1 N–H and O–H groups in total. The summed E-state index contributed by atoms with van der Waals surface area (Å²) in [6.45, 7) is 3.72. The number of nitrogens with zero attached hydrogens (tertiary/aromatic N) is 1. The second-order valence-corrected chi connectivity index (χ2v) is 6.39. The van der Waals surface area contributed by atoms with E-state index in [1.54, 1.807) is 0 Å². The molecule has 2 fully saturated rings. The Morgan fingerprint density at radius 3 is 2.43 bits per heavy atom. The summed E-state index contributed by atoms with van der Waals surface area (Å²) in [4.78, 5) is 24.7. The molecular weight excluding hydrogens is 313 g/mol. The number of ether oxygens (including phenoxy) is 1. The molecule has 0 aromatic carbocycles. The van der Waals surface area contributed by atoms with Gasteiger partial charge in [-0.2, -0.15) is 13.2 Å². The SMILES string of the molecule is CCOCC1(C(=O)NC2CCC(C(F)(F)F)N(C(C)=O)C2)CC1. The lowest BCUT2D eigenvalue weighted by atomic mass is 9.96. The Labute approximate surface area is 133 Å². The number of nitrogens with one attached hydrogen (secondary N) is 1. The standard InChI is InChI=1S/C15H23F3N2O3/c1-3-23-9-14(6-7-14)13(22)19-11-4-5-12(15(16,17)18)20(8-11)10(2)21/h11-12H,3-9H2,1-2H3,(H,19,22). The van der Waals surface area contributed by atoms with E-state index in [0.29, 0.717) is 13.2 Å². The van der Waals surface area contributed by atoms with E-state index in [1.165, 1.54) is 0 Å². The molecule has 1 saturated heterocycles. The van der Waals surface area contributed by atoms with Crippen LogP contribution in [0.25, 0.3) is 0 Å². The fourth-order valence-corrected chi connectivity index (χ4v) is 3.00. The van der Waals surface area contributed by atoms with Gasteiger partial charge in [0.15, 0.2) is 0 Å². The zero-order valence-corrected chi connectivity index (χ0v) is 13.4. The molecule has 2 unspecified atom stereocenters. The minimum Gasteiger partial charge on any atom is -0.381 e. The summed E-state index contributed by atoms with van der Waals surface area (Å²) in [5.41, 5.74) is -0.530. The van der Waals surface area contributed by atoms with Crippen molar-refractivity contribution in [2.24, 2.45) is 5.41 Å². The molecule has 2 aliphatic rings. The van der Waals surface area contributed by atoms with E-state index in [9.17, 15) is 22.8 Å². The first-order valence-electron chi connectivity index (χ1n) is 7.92. The van der Waals surface area contributed by atoms with Crippen molar-refractivity contribution in [2.75, 3.05) is 19.8 Å². The number of amides is 2. The molecule has 2 amide bonds. The number of carbonyl (C=O) groups excluding carboxylic acids is 2. The van der Waals surface area contributed by atoms with Crippen LogP contribution < -0.4 is 5.32 Å². The first-order valence-corrected chi connectivity index (χ1v) is 7.92. The predicted octanol–water partition coefficient (Wildman–Crippen LogP) is 1.86. The quantitative estimate of drug-likeness (QED) is 0.834. The molecule has 0 aromatic heterocycles. The third-order valence-corrected chi connectivity index (χ3v) is 4.62. The Balaban J connectivity index is 1.95. The normalized spacial score (nSPS) is 26.7. The average Bonchev–Trinajstić information content (AvgIpc) is 3.25. The van der Waals surface area contributed by atoms with Crippen molar-refractivity contribution >= 4 is 11.8 Å². The summed E-state index contributed by atoms with van der Waals surface area (Å²) in [7, 11) is 0. The zero-order chi connectivity index (χ0) is 17.3. The molecule has 2 rings (SSSR count). The maximum Gasteiger partial charge on any atom is 0.408 e. The van der Waals surface area contributed by atoms with Crippen LogP contribution in [0.2, 0.25) is 0 Å². The molecule has 0 radical (unpaired) electrons. The first kappa shape index (κ1) is 18.0. The molecule has 1 saturated carbocycles. The second-order valence-electron chi connectivity index (χ2n) is 6.39. The van der Waals surface area contributed by atoms with Gasteiger partial charge in [0.1, 0.15) is 6.04 Å². The number of piperidine rings is 1. The van der Waals surface area contributed by atoms with Crippen molar-refractivity contribution in [2.45, 2.75) is 57.8 Å². The van der Waals surface area contributed by atoms with Crippen molar-refractivity contribution in [1.82, 2.24) is 10.2 Å². The lowest BCUT2D eigenvalue weighted by molar-refractivity contribution is -0.196. The second kappa shape index (κ2) is 6.67. The van der Waals surface area contributed by atoms with Gasteiger partial charge in [0.25, 0.3) is 0 Å². The fourth-order valence-electron chi connectivity index (χ4n) is 3.00. The number of hydrogen-bond acceptors (Lipinski definition) is 3. The summed E-state index contributed by atoms with van der Waals surface area (Å²) in [6, 6.07) is -2.20. The number of carbonyl (C=O) groups is 2. The number of likely N-dealkylation sites (tertiary alicyclic amines) is 1. The summed E-state index contributed by atoms with van der Waals surface area (Å²) in [5, 5.41) is 2.81. The number of hydrogen-bond donors (Lipinski definition) is 1. The van der Waals surface area contributed by atoms with Gasteiger partial charge in [-0.1, -0.05) is 0 Å². The van der Waals surface area contributed by atoms with Gasteiger partial charge in [-0.15, -0.1) is 0 Å². The molecule has 2 atom stereocenters. The van der Waals surface area contributed by atoms with Crippen LogP contribution in [0.5, 0.6) is 0 Å². The molecule has 0 spiro atoms.